The molecular weight excluding hydrogens is 360 g/mol. The number of furan rings is 1. The molecule has 6 nitrogen and oxygen atoms in total. The van der Waals surface area contributed by atoms with Crippen molar-refractivity contribution < 1.29 is 9.21 Å². The van der Waals surface area contributed by atoms with Crippen LogP contribution in [0.2, 0.25) is 0 Å². The van der Waals surface area contributed by atoms with Gasteiger partial charge in [-0.1, -0.05) is 0 Å². The normalized spacial score (nSPS) is 14.5. The second kappa shape index (κ2) is 8.45. The van der Waals surface area contributed by atoms with E-state index in [-0.39, 0.29) is 5.91 Å². The Bertz CT molecular complexity index is 857. The van der Waals surface area contributed by atoms with Crippen LogP contribution in [-0.4, -0.2) is 38.8 Å². The average Bonchev–Trinajstić information content (AvgIpc) is 3.45. The number of aromatic nitrogens is 2. The predicted octanol–water partition coefficient (Wildman–Crippen LogP) is 3.57. The molecule has 27 heavy (non-hydrogen) atoms. The van der Waals surface area contributed by atoms with Crippen molar-refractivity contribution in [3.05, 3.63) is 70.3 Å². The number of pyridine rings is 1. The quantitative estimate of drug-likeness (QED) is 0.625. The van der Waals surface area contributed by atoms with Crippen LogP contribution in [0, 0.1) is 0 Å². The Balaban J connectivity index is 1.49. The second-order valence-corrected chi connectivity index (χ2v) is 7.81. The first-order valence-electron chi connectivity index (χ1n) is 9.15. The summed E-state index contributed by atoms with van der Waals surface area (Å²) in [6.45, 7) is 4.00. The number of nitrogens with zero attached hydrogens (tertiary/aromatic N) is 4. The van der Waals surface area contributed by atoms with Crippen LogP contribution in [0.4, 0.5) is 0 Å². The predicted molar refractivity (Wildman–Crippen MR) is 103 cm³/mol. The van der Waals surface area contributed by atoms with Crippen molar-refractivity contribution in [2.45, 2.75) is 32.5 Å². The van der Waals surface area contributed by atoms with Gasteiger partial charge in [0.2, 0.25) is 0 Å². The summed E-state index contributed by atoms with van der Waals surface area (Å²) in [4.78, 5) is 26.5. The highest BCUT2D eigenvalue weighted by Gasteiger charge is 2.21. The van der Waals surface area contributed by atoms with Gasteiger partial charge in [0.15, 0.2) is 0 Å². The maximum Gasteiger partial charge on any atom is 0.266 e. The van der Waals surface area contributed by atoms with Gasteiger partial charge in [-0.3, -0.25) is 14.7 Å². The van der Waals surface area contributed by atoms with Gasteiger partial charge in [0, 0.05) is 18.9 Å². The van der Waals surface area contributed by atoms with Gasteiger partial charge in [-0.25, -0.2) is 4.98 Å². The summed E-state index contributed by atoms with van der Waals surface area (Å²) < 4.78 is 5.46. The summed E-state index contributed by atoms with van der Waals surface area (Å²) in [7, 11) is 0. The van der Waals surface area contributed by atoms with Crippen molar-refractivity contribution in [3.63, 3.8) is 0 Å². The molecule has 0 saturated carbocycles. The second-order valence-electron chi connectivity index (χ2n) is 6.70. The van der Waals surface area contributed by atoms with Gasteiger partial charge in [-0.15, -0.1) is 11.3 Å². The van der Waals surface area contributed by atoms with Crippen LogP contribution in [0.5, 0.6) is 0 Å². The largest absolute Gasteiger partial charge is 0.467 e. The minimum atomic E-state index is -0.0200. The van der Waals surface area contributed by atoms with Crippen molar-refractivity contribution in [2.75, 3.05) is 13.1 Å². The van der Waals surface area contributed by atoms with E-state index in [0.717, 1.165) is 36.0 Å². The molecule has 3 aromatic rings. The lowest BCUT2D eigenvalue weighted by molar-refractivity contribution is 0.0722. The summed E-state index contributed by atoms with van der Waals surface area (Å²) in [5.41, 5.74) is 1.03. The van der Waals surface area contributed by atoms with Gasteiger partial charge in [-0.2, -0.15) is 0 Å². The zero-order chi connectivity index (χ0) is 18.5. The number of likely N-dealkylation sites (tertiary alicyclic amines) is 1. The molecule has 140 valence electrons. The van der Waals surface area contributed by atoms with Gasteiger partial charge in [0.1, 0.15) is 15.6 Å². The molecule has 4 rings (SSSR count). The molecule has 1 fully saturated rings. The zero-order valence-corrected chi connectivity index (χ0v) is 15.9. The first-order chi connectivity index (χ1) is 13.3. The highest BCUT2D eigenvalue weighted by atomic mass is 32.1. The fourth-order valence-electron chi connectivity index (χ4n) is 3.27. The molecule has 3 aromatic heterocycles. The zero-order valence-electron chi connectivity index (χ0n) is 15.1. The molecule has 7 heteroatoms. The summed E-state index contributed by atoms with van der Waals surface area (Å²) >= 11 is 1.49. The fourth-order valence-corrected chi connectivity index (χ4v) is 4.20. The van der Waals surface area contributed by atoms with Crippen molar-refractivity contribution >= 4 is 17.2 Å². The molecule has 0 aromatic carbocycles. The Labute approximate surface area is 162 Å². The Kier molecular flexibility index (Phi) is 5.60. The Morgan fingerprint density at radius 3 is 2.74 bits per heavy atom. The Hall–Kier alpha value is -2.51. The topological polar surface area (TPSA) is 62.5 Å². The van der Waals surface area contributed by atoms with Crippen LogP contribution < -0.4 is 0 Å². The first-order valence-corrected chi connectivity index (χ1v) is 9.97. The summed E-state index contributed by atoms with van der Waals surface area (Å²) in [6, 6.07) is 7.57. The molecule has 0 radical (unpaired) electrons. The lowest BCUT2D eigenvalue weighted by Crippen LogP contribution is -2.29. The lowest BCUT2D eigenvalue weighted by Gasteiger charge is -2.21. The molecule has 1 saturated heterocycles. The monoisotopic (exact) mass is 382 g/mol. The number of amides is 1. The number of carbonyl (C=O) groups excluding carboxylic acids is 1. The van der Waals surface area contributed by atoms with Crippen LogP contribution in [0.15, 0.2) is 53.5 Å². The fraction of sp³-hybridized carbons (Fsp3) is 0.350. The van der Waals surface area contributed by atoms with Crippen molar-refractivity contribution in [1.29, 1.82) is 0 Å². The summed E-state index contributed by atoms with van der Waals surface area (Å²) in [6.07, 6.45) is 9.32. The number of hydrogen-bond acceptors (Lipinski definition) is 6. The van der Waals surface area contributed by atoms with Gasteiger partial charge >= 0.3 is 0 Å². The van der Waals surface area contributed by atoms with Crippen LogP contribution in [0.25, 0.3) is 0 Å². The number of hydrogen-bond donors (Lipinski definition) is 0. The summed E-state index contributed by atoms with van der Waals surface area (Å²) in [5, 5.41) is 1.00. The highest BCUT2D eigenvalue weighted by Crippen LogP contribution is 2.21. The van der Waals surface area contributed by atoms with E-state index in [1.165, 1.54) is 24.2 Å². The van der Waals surface area contributed by atoms with Gasteiger partial charge in [0.25, 0.3) is 5.91 Å². The summed E-state index contributed by atoms with van der Waals surface area (Å²) in [5.74, 6) is 0.743. The van der Waals surface area contributed by atoms with E-state index < -0.39 is 0 Å². The van der Waals surface area contributed by atoms with Crippen LogP contribution in [-0.2, 0) is 19.6 Å². The van der Waals surface area contributed by atoms with E-state index in [1.807, 2.05) is 24.3 Å². The van der Waals surface area contributed by atoms with E-state index in [1.54, 1.807) is 29.8 Å². The van der Waals surface area contributed by atoms with Gasteiger partial charge in [0.05, 0.1) is 25.5 Å². The molecule has 0 spiro atoms. The third kappa shape index (κ3) is 4.61. The third-order valence-electron chi connectivity index (χ3n) is 4.66. The number of carbonyl (C=O) groups is 1. The van der Waals surface area contributed by atoms with Crippen molar-refractivity contribution in [1.82, 2.24) is 19.8 Å². The van der Waals surface area contributed by atoms with Crippen LogP contribution in [0.3, 0.4) is 0 Å². The Morgan fingerprint density at radius 1 is 1.19 bits per heavy atom. The van der Waals surface area contributed by atoms with Crippen molar-refractivity contribution in [2.24, 2.45) is 0 Å². The number of thiazole rings is 1. The van der Waals surface area contributed by atoms with E-state index in [4.69, 9.17) is 4.42 Å². The molecule has 0 N–H and O–H groups in total. The smallest absolute Gasteiger partial charge is 0.266 e. The molecular formula is C20H22N4O2S. The highest BCUT2D eigenvalue weighted by molar-refractivity contribution is 7.13. The van der Waals surface area contributed by atoms with Gasteiger partial charge < -0.3 is 9.32 Å². The molecule has 1 amide bonds. The van der Waals surface area contributed by atoms with Crippen molar-refractivity contribution in [3.8, 4) is 0 Å². The standard InChI is InChI=1S/C20H22N4O2S/c25-20(18-12-22-19(27-18)15-23-9-1-2-10-23)24(14-17-4-3-11-26-17)13-16-5-7-21-8-6-16/h3-8,11-12H,1-2,9-10,13-15H2. The van der Waals surface area contributed by atoms with E-state index in [2.05, 4.69) is 14.9 Å². The Morgan fingerprint density at radius 2 is 2.00 bits per heavy atom. The minimum absolute atomic E-state index is 0.0200. The van der Waals surface area contributed by atoms with E-state index >= 15 is 0 Å². The van der Waals surface area contributed by atoms with Crippen LogP contribution in [0.1, 0.15) is 38.8 Å². The first kappa shape index (κ1) is 17.9. The third-order valence-corrected chi connectivity index (χ3v) is 5.63. The maximum atomic E-state index is 13.2. The SMILES string of the molecule is O=C(c1cnc(CN2CCCC2)s1)N(Cc1ccncc1)Cc1ccco1. The average molecular weight is 382 g/mol. The number of rotatable bonds is 7. The van der Waals surface area contributed by atoms with E-state index in [0.29, 0.717) is 18.0 Å². The molecule has 1 aliphatic heterocycles. The molecule has 0 bridgehead atoms. The molecule has 0 aliphatic carbocycles. The molecule has 0 unspecified atom stereocenters. The maximum absolute atomic E-state index is 13.2. The molecule has 0 atom stereocenters. The van der Waals surface area contributed by atoms with Gasteiger partial charge in [-0.05, 0) is 55.8 Å². The lowest BCUT2D eigenvalue weighted by atomic mass is 10.2. The van der Waals surface area contributed by atoms with E-state index in [9.17, 15) is 4.79 Å². The minimum Gasteiger partial charge on any atom is -0.467 e. The molecule has 1 aliphatic rings. The molecule has 4 heterocycles. The van der Waals surface area contributed by atoms with Crippen LogP contribution >= 0.6 is 11.3 Å².